The van der Waals surface area contributed by atoms with Crippen molar-refractivity contribution in [1.82, 2.24) is 4.57 Å². The largest absolute Gasteiger partial charge is 0.346 e. The zero-order valence-corrected chi connectivity index (χ0v) is 9.85. The molecule has 16 heavy (non-hydrogen) atoms. The van der Waals surface area contributed by atoms with E-state index in [1.807, 2.05) is 6.92 Å². The molecular formula is C14H18N2. The smallest absolute Gasteiger partial charge is 0.0476 e. The molecule has 1 heterocycles. The Morgan fingerprint density at radius 1 is 1.19 bits per heavy atom. The molecule has 2 N–H and O–H groups in total. The summed E-state index contributed by atoms with van der Waals surface area (Å²) in [6.07, 6.45) is 2.09. The van der Waals surface area contributed by atoms with Crippen LogP contribution in [0.5, 0.6) is 0 Å². The third kappa shape index (κ3) is 2.17. The van der Waals surface area contributed by atoms with Gasteiger partial charge in [0.1, 0.15) is 0 Å². The van der Waals surface area contributed by atoms with E-state index in [9.17, 15) is 0 Å². The van der Waals surface area contributed by atoms with Crippen molar-refractivity contribution in [2.75, 3.05) is 0 Å². The second kappa shape index (κ2) is 4.54. The number of nitrogens with zero attached hydrogens (tertiary/aromatic N) is 1. The van der Waals surface area contributed by atoms with Gasteiger partial charge in [0.2, 0.25) is 0 Å². The Labute approximate surface area is 96.7 Å². The summed E-state index contributed by atoms with van der Waals surface area (Å²) in [4.78, 5) is 0. The number of aromatic nitrogens is 1. The van der Waals surface area contributed by atoms with Gasteiger partial charge in [-0.05, 0) is 37.1 Å². The van der Waals surface area contributed by atoms with Crippen molar-refractivity contribution >= 4 is 0 Å². The molecule has 0 saturated heterocycles. The van der Waals surface area contributed by atoms with Crippen LogP contribution in [0.3, 0.4) is 0 Å². The lowest BCUT2D eigenvalue weighted by Gasteiger charge is -2.13. The van der Waals surface area contributed by atoms with Gasteiger partial charge in [-0.3, -0.25) is 0 Å². The van der Waals surface area contributed by atoms with E-state index < -0.39 is 0 Å². The van der Waals surface area contributed by atoms with Gasteiger partial charge in [0.15, 0.2) is 0 Å². The third-order valence-electron chi connectivity index (χ3n) is 2.93. The summed E-state index contributed by atoms with van der Waals surface area (Å²) in [5.41, 5.74) is 9.79. The van der Waals surface area contributed by atoms with Crippen LogP contribution >= 0.6 is 0 Å². The van der Waals surface area contributed by atoms with Crippen molar-refractivity contribution in [1.29, 1.82) is 0 Å². The summed E-state index contributed by atoms with van der Waals surface area (Å²) < 4.78 is 2.22. The van der Waals surface area contributed by atoms with Crippen molar-refractivity contribution in [2.24, 2.45) is 5.73 Å². The minimum absolute atomic E-state index is 0.0824. The van der Waals surface area contributed by atoms with Gasteiger partial charge in [-0.15, -0.1) is 0 Å². The highest BCUT2D eigenvalue weighted by molar-refractivity contribution is 5.26. The molecule has 1 unspecified atom stereocenters. The van der Waals surface area contributed by atoms with Crippen LogP contribution in [0.2, 0.25) is 0 Å². The summed E-state index contributed by atoms with van der Waals surface area (Å²) >= 11 is 0. The van der Waals surface area contributed by atoms with Crippen LogP contribution in [0.1, 0.15) is 29.8 Å². The molecule has 0 spiro atoms. The second-order valence-electron chi connectivity index (χ2n) is 4.28. The second-order valence-corrected chi connectivity index (χ2v) is 4.28. The Balaban J connectivity index is 2.27. The standard InChI is InChI=1S/C14H18N2/c1-11-6-3-4-7-13(11)10-16-9-5-8-14(16)12(2)15/h3-9,12H,10,15H2,1-2H3. The van der Waals surface area contributed by atoms with Crippen molar-refractivity contribution in [3.63, 3.8) is 0 Å². The van der Waals surface area contributed by atoms with E-state index in [4.69, 9.17) is 5.73 Å². The van der Waals surface area contributed by atoms with Gasteiger partial charge in [0.25, 0.3) is 0 Å². The Hall–Kier alpha value is -1.54. The highest BCUT2D eigenvalue weighted by Crippen LogP contribution is 2.15. The molecule has 0 amide bonds. The molecule has 0 aliphatic rings. The van der Waals surface area contributed by atoms with Crippen molar-refractivity contribution in [3.05, 3.63) is 59.4 Å². The molecule has 2 aromatic rings. The molecule has 0 bridgehead atoms. The minimum Gasteiger partial charge on any atom is -0.346 e. The molecule has 1 atom stereocenters. The van der Waals surface area contributed by atoms with Crippen LogP contribution in [-0.2, 0) is 6.54 Å². The molecule has 0 aliphatic heterocycles. The van der Waals surface area contributed by atoms with Crippen molar-refractivity contribution in [3.8, 4) is 0 Å². The Bertz CT molecular complexity index is 469. The monoisotopic (exact) mass is 214 g/mol. The molecule has 2 nitrogen and oxygen atoms in total. The SMILES string of the molecule is Cc1ccccc1Cn1cccc1C(C)N. The molecule has 0 fully saturated rings. The average molecular weight is 214 g/mol. The molecule has 0 saturated carbocycles. The normalized spacial score (nSPS) is 12.7. The van der Waals surface area contributed by atoms with E-state index in [2.05, 4.69) is 54.1 Å². The van der Waals surface area contributed by atoms with Gasteiger partial charge < -0.3 is 10.3 Å². The zero-order chi connectivity index (χ0) is 11.5. The number of rotatable bonds is 3. The van der Waals surface area contributed by atoms with Crippen LogP contribution < -0.4 is 5.73 Å². The molecular weight excluding hydrogens is 196 g/mol. The molecule has 2 rings (SSSR count). The van der Waals surface area contributed by atoms with Gasteiger partial charge >= 0.3 is 0 Å². The zero-order valence-electron chi connectivity index (χ0n) is 9.85. The van der Waals surface area contributed by atoms with Gasteiger partial charge in [0, 0.05) is 24.5 Å². The first-order valence-electron chi connectivity index (χ1n) is 5.63. The summed E-state index contributed by atoms with van der Waals surface area (Å²) in [5.74, 6) is 0. The van der Waals surface area contributed by atoms with E-state index in [1.165, 1.54) is 16.8 Å². The Kier molecular flexibility index (Phi) is 3.11. The van der Waals surface area contributed by atoms with E-state index in [0.29, 0.717) is 0 Å². The van der Waals surface area contributed by atoms with E-state index >= 15 is 0 Å². The first-order chi connectivity index (χ1) is 7.68. The van der Waals surface area contributed by atoms with Gasteiger partial charge in [0.05, 0.1) is 0 Å². The topological polar surface area (TPSA) is 30.9 Å². The predicted molar refractivity (Wildman–Crippen MR) is 67.3 cm³/mol. The highest BCUT2D eigenvalue weighted by atomic mass is 15.0. The van der Waals surface area contributed by atoms with Crippen LogP contribution in [0.25, 0.3) is 0 Å². The Morgan fingerprint density at radius 2 is 1.94 bits per heavy atom. The molecule has 0 aliphatic carbocycles. The van der Waals surface area contributed by atoms with Gasteiger partial charge in [-0.1, -0.05) is 24.3 Å². The molecule has 84 valence electrons. The molecule has 2 heteroatoms. The summed E-state index contributed by atoms with van der Waals surface area (Å²) in [5, 5.41) is 0. The van der Waals surface area contributed by atoms with E-state index in [0.717, 1.165) is 6.54 Å². The summed E-state index contributed by atoms with van der Waals surface area (Å²) in [6, 6.07) is 12.7. The fourth-order valence-corrected chi connectivity index (χ4v) is 1.96. The fourth-order valence-electron chi connectivity index (χ4n) is 1.96. The first kappa shape index (κ1) is 11.0. The quantitative estimate of drug-likeness (QED) is 0.836. The van der Waals surface area contributed by atoms with Gasteiger partial charge in [-0.25, -0.2) is 0 Å². The number of nitrogens with two attached hydrogens (primary N) is 1. The summed E-state index contributed by atoms with van der Waals surface area (Å²) in [7, 11) is 0. The summed E-state index contributed by atoms with van der Waals surface area (Å²) in [6.45, 7) is 5.06. The number of hydrogen-bond acceptors (Lipinski definition) is 1. The predicted octanol–water partition coefficient (Wildman–Crippen LogP) is 2.86. The van der Waals surface area contributed by atoms with Crippen molar-refractivity contribution in [2.45, 2.75) is 26.4 Å². The van der Waals surface area contributed by atoms with Crippen LogP contribution in [0.4, 0.5) is 0 Å². The first-order valence-corrected chi connectivity index (χ1v) is 5.63. The maximum atomic E-state index is 5.93. The number of hydrogen-bond donors (Lipinski definition) is 1. The minimum atomic E-state index is 0.0824. The highest BCUT2D eigenvalue weighted by Gasteiger charge is 2.06. The van der Waals surface area contributed by atoms with Gasteiger partial charge in [-0.2, -0.15) is 0 Å². The van der Waals surface area contributed by atoms with E-state index in [-0.39, 0.29) is 6.04 Å². The molecule has 1 aromatic heterocycles. The average Bonchev–Trinajstić information content (AvgIpc) is 2.69. The van der Waals surface area contributed by atoms with E-state index in [1.54, 1.807) is 0 Å². The third-order valence-corrected chi connectivity index (χ3v) is 2.93. The van der Waals surface area contributed by atoms with Crippen LogP contribution in [0, 0.1) is 6.92 Å². The maximum Gasteiger partial charge on any atom is 0.0476 e. The van der Waals surface area contributed by atoms with Crippen molar-refractivity contribution < 1.29 is 0 Å². The maximum absolute atomic E-state index is 5.93. The number of benzene rings is 1. The fraction of sp³-hybridized carbons (Fsp3) is 0.286. The lowest BCUT2D eigenvalue weighted by atomic mass is 10.1. The molecule has 0 radical (unpaired) electrons. The Morgan fingerprint density at radius 3 is 2.62 bits per heavy atom. The number of aryl methyl sites for hydroxylation is 1. The lowest BCUT2D eigenvalue weighted by molar-refractivity contribution is 0.674. The van der Waals surface area contributed by atoms with Crippen LogP contribution in [-0.4, -0.2) is 4.57 Å². The lowest BCUT2D eigenvalue weighted by Crippen LogP contribution is -2.12. The molecule has 1 aromatic carbocycles. The van der Waals surface area contributed by atoms with Crippen LogP contribution in [0.15, 0.2) is 42.6 Å².